The summed E-state index contributed by atoms with van der Waals surface area (Å²) < 4.78 is 1.11. The number of pyridine rings is 1. The highest BCUT2D eigenvalue weighted by Gasteiger charge is 1.99. The first-order valence-electron chi connectivity index (χ1n) is 4.86. The summed E-state index contributed by atoms with van der Waals surface area (Å²) in [4.78, 5) is 4.37. The van der Waals surface area contributed by atoms with E-state index in [1.54, 1.807) is 0 Å². The maximum atomic E-state index is 4.37. The largest absolute Gasteiger partial charge is 0.258 e. The second-order valence-electron chi connectivity index (χ2n) is 3.65. The molecule has 2 aromatic rings. The Hall–Kier alpha value is -1.15. The third-order valence-electron chi connectivity index (χ3n) is 2.26. The highest BCUT2D eigenvalue weighted by Crippen LogP contribution is 2.22. The van der Waals surface area contributed by atoms with Crippen molar-refractivity contribution in [3.8, 4) is 11.1 Å². The molecule has 0 bridgehead atoms. The van der Waals surface area contributed by atoms with Gasteiger partial charge in [-0.25, -0.2) is 0 Å². The van der Waals surface area contributed by atoms with Crippen molar-refractivity contribution in [1.82, 2.24) is 4.98 Å². The van der Waals surface area contributed by atoms with Gasteiger partial charge in [0, 0.05) is 15.9 Å². The Morgan fingerprint density at radius 1 is 0.867 bits per heavy atom. The summed E-state index contributed by atoms with van der Waals surface area (Å²) in [6.07, 6.45) is 0. The minimum Gasteiger partial charge on any atom is -0.258 e. The van der Waals surface area contributed by atoms with Crippen LogP contribution in [0.15, 0.2) is 40.9 Å². The maximum absolute atomic E-state index is 4.37. The summed E-state index contributed by atoms with van der Waals surface area (Å²) in [6.45, 7) is 4.05. The lowest BCUT2D eigenvalue weighted by molar-refractivity contribution is 1.12. The number of hydrogen-bond donors (Lipinski definition) is 0. The van der Waals surface area contributed by atoms with Crippen LogP contribution >= 0.6 is 15.9 Å². The van der Waals surface area contributed by atoms with E-state index in [0.717, 1.165) is 15.9 Å². The molecule has 0 saturated heterocycles. The first-order valence-corrected chi connectivity index (χ1v) is 5.66. The predicted molar refractivity (Wildman–Crippen MR) is 66.8 cm³/mol. The van der Waals surface area contributed by atoms with Gasteiger partial charge in [0.1, 0.15) is 0 Å². The molecule has 15 heavy (non-hydrogen) atoms. The molecule has 0 atom stereocenters. The Labute approximate surface area is 98.3 Å². The fraction of sp³-hybridized carbons (Fsp3) is 0.154. The molecule has 0 spiro atoms. The minimum absolute atomic E-state index is 1.06. The highest BCUT2D eigenvalue weighted by atomic mass is 79.9. The molecule has 0 amide bonds. The van der Waals surface area contributed by atoms with Crippen molar-refractivity contribution in [2.24, 2.45) is 0 Å². The summed E-state index contributed by atoms with van der Waals surface area (Å²) in [5.74, 6) is 0. The van der Waals surface area contributed by atoms with Gasteiger partial charge in [0.25, 0.3) is 0 Å². The summed E-state index contributed by atoms with van der Waals surface area (Å²) in [5, 5.41) is 0. The van der Waals surface area contributed by atoms with E-state index in [-0.39, 0.29) is 0 Å². The van der Waals surface area contributed by atoms with Crippen LogP contribution in [0.3, 0.4) is 0 Å². The standard InChI is InChI=1S/C13H12BrN/c1-9-7-12(8-10(2)15-9)11-3-5-13(14)6-4-11/h3-8H,1-2H3. The number of aryl methyl sites for hydroxylation is 2. The number of benzene rings is 1. The van der Waals surface area contributed by atoms with E-state index >= 15 is 0 Å². The zero-order valence-electron chi connectivity index (χ0n) is 8.79. The molecule has 1 heterocycles. The number of aromatic nitrogens is 1. The normalized spacial score (nSPS) is 10.3. The first kappa shape index (κ1) is 10.4. The van der Waals surface area contributed by atoms with E-state index in [4.69, 9.17) is 0 Å². The number of hydrogen-bond acceptors (Lipinski definition) is 1. The van der Waals surface area contributed by atoms with Crippen LogP contribution in [0.5, 0.6) is 0 Å². The van der Waals surface area contributed by atoms with Crippen molar-refractivity contribution in [3.05, 3.63) is 52.3 Å². The van der Waals surface area contributed by atoms with Gasteiger partial charge in [0.15, 0.2) is 0 Å². The average molecular weight is 262 g/mol. The molecule has 1 aromatic heterocycles. The Morgan fingerprint density at radius 3 is 1.93 bits per heavy atom. The van der Waals surface area contributed by atoms with Gasteiger partial charge in [-0.2, -0.15) is 0 Å². The van der Waals surface area contributed by atoms with Gasteiger partial charge in [-0.1, -0.05) is 28.1 Å². The zero-order chi connectivity index (χ0) is 10.8. The van der Waals surface area contributed by atoms with Gasteiger partial charge in [0.2, 0.25) is 0 Å². The molecule has 2 rings (SSSR count). The van der Waals surface area contributed by atoms with Crippen LogP contribution in [-0.2, 0) is 0 Å². The van der Waals surface area contributed by atoms with Crippen LogP contribution in [0.4, 0.5) is 0 Å². The van der Waals surface area contributed by atoms with Crippen molar-refractivity contribution in [2.45, 2.75) is 13.8 Å². The lowest BCUT2D eigenvalue weighted by Gasteiger charge is -2.04. The van der Waals surface area contributed by atoms with Crippen LogP contribution in [0.25, 0.3) is 11.1 Å². The molecule has 0 aliphatic carbocycles. The summed E-state index contributed by atoms with van der Waals surface area (Å²) in [5.41, 5.74) is 4.58. The molecule has 76 valence electrons. The molecule has 0 unspecified atom stereocenters. The smallest absolute Gasteiger partial charge is 0.0382 e. The molecule has 0 saturated carbocycles. The topological polar surface area (TPSA) is 12.9 Å². The Bertz CT molecular complexity index is 454. The SMILES string of the molecule is Cc1cc(-c2ccc(Br)cc2)cc(C)n1. The Kier molecular flexibility index (Phi) is 2.87. The van der Waals surface area contributed by atoms with E-state index in [0.29, 0.717) is 0 Å². The number of rotatable bonds is 1. The first-order chi connectivity index (χ1) is 7.15. The number of nitrogens with zero attached hydrogens (tertiary/aromatic N) is 1. The lowest BCUT2D eigenvalue weighted by atomic mass is 10.1. The van der Waals surface area contributed by atoms with Gasteiger partial charge in [-0.3, -0.25) is 4.98 Å². The van der Waals surface area contributed by atoms with Crippen LogP contribution < -0.4 is 0 Å². The molecule has 1 aromatic carbocycles. The van der Waals surface area contributed by atoms with Crippen molar-refractivity contribution >= 4 is 15.9 Å². The fourth-order valence-electron chi connectivity index (χ4n) is 1.64. The van der Waals surface area contributed by atoms with Crippen LogP contribution in [0.2, 0.25) is 0 Å². The van der Waals surface area contributed by atoms with Crippen molar-refractivity contribution in [2.75, 3.05) is 0 Å². The van der Waals surface area contributed by atoms with E-state index in [1.165, 1.54) is 11.1 Å². The second kappa shape index (κ2) is 4.15. The van der Waals surface area contributed by atoms with Gasteiger partial charge in [-0.05, 0) is 49.2 Å². The van der Waals surface area contributed by atoms with Crippen molar-refractivity contribution in [3.63, 3.8) is 0 Å². The van der Waals surface area contributed by atoms with Gasteiger partial charge in [0.05, 0.1) is 0 Å². The molecule has 1 nitrogen and oxygen atoms in total. The molecule has 0 aliphatic heterocycles. The molecule has 2 heteroatoms. The van der Waals surface area contributed by atoms with Gasteiger partial charge >= 0.3 is 0 Å². The van der Waals surface area contributed by atoms with E-state index < -0.39 is 0 Å². The second-order valence-corrected chi connectivity index (χ2v) is 4.56. The quantitative estimate of drug-likeness (QED) is 0.753. The summed E-state index contributed by atoms with van der Waals surface area (Å²) in [7, 11) is 0. The van der Waals surface area contributed by atoms with E-state index in [1.807, 2.05) is 13.8 Å². The lowest BCUT2D eigenvalue weighted by Crippen LogP contribution is -1.87. The molecule has 0 aliphatic rings. The van der Waals surface area contributed by atoms with Gasteiger partial charge in [-0.15, -0.1) is 0 Å². The maximum Gasteiger partial charge on any atom is 0.0382 e. The van der Waals surface area contributed by atoms with Crippen LogP contribution in [0.1, 0.15) is 11.4 Å². The predicted octanol–water partition coefficient (Wildman–Crippen LogP) is 4.13. The zero-order valence-corrected chi connectivity index (χ0v) is 10.4. The van der Waals surface area contributed by atoms with Gasteiger partial charge < -0.3 is 0 Å². The van der Waals surface area contributed by atoms with Crippen molar-refractivity contribution < 1.29 is 0 Å². The number of halogens is 1. The summed E-state index contributed by atoms with van der Waals surface area (Å²) in [6, 6.07) is 12.5. The summed E-state index contributed by atoms with van der Waals surface area (Å²) >= 11 is 3.43. The van der Waals surface area contributed by atoms with Crippen molar-refractivity contribution in [1.29, 1.82) is 0 Å². The monoisotopic (exact) mass is 261 g/mol. The molecular weight excluding hydrogens is 250 g/mol. The fourth-order valence-corrected chi connectivity index (χ4v) is 1.91. The Balaban J connectivity index is 2.49. The third-order valence-corrected chi connectivity index (χ3v) is 2.79. The van der Waals surface area contributed by atoms with E-state index in [9.17, 15) is 0 Å². The highest BCUT2D eigenvalue weighted by molar-refractivity contribution is 9.10. The molecule has 0 fully saturated rings. The van der Waals surface area contributed by atoms with Crippen LogP contribution in [0, 0.1) is 13.8 Å². The molecular formula is C13H12BrN. The third kappa shape index (κ3) is 2.45. The average Bonchev–Trinajstić information content (AvgIpc) is 2.17. The van der Waals surface area contributed by atoms with E-state index in [2.05, 4.69) is 57.3 Å². The molecule has 0 radical (unpaired) electrons. The van der Waals surface area contributed by atoms with Crippen LogP contribution in [-0.4, -0.2) is 4.98 Å². The molecule has 0 N–H and O–H groups in total. The minimum atomic E-state index is 1.06. The Morgan fingerprint density at radius 2 is 1.40 bits per heavy atom.